The second kappa shape index (κ2) is 7.05. The van der Waals surface area contributed by atoms with Crippen LogP contribution in [-0.4, -0.2) is 17.6 Å². The molecule has 24 heavy (non-hydrogen) atoms. The molecule has 3 rings (SSSR count). The first-order valence-corrected chi connectivity index (χ1v) is 8.32. The third kappa shape index (κ3) is 3.95. The number of rotatable bonds is 6. The molecule has 0 saturated heterocycles. The molecule has 4 heteroatoms. The molecule has 0 aliphatic heterocycles. The Morgan fingerprint density at radius 2 is 2.00 bits per heavy atom. The Bertz CT molecular complexity index is 737. The largest absolute Gasteiger partial charge is 0.488 e. The van der Waals surface area contributed by atoms with Gasteiger partial charge in [0.05, 0.1) is 5.69 Å². The number of hydrogen-bond acceptors (Lipinski definition) is 3. The van der Waals surface area contributed by atoms with E-state index in [1.54, 1.807) is 6.07 Å². The predicted octanol–water partition coefficient (Wildman–Crippen LogP) is 3.76. The Labute approximate surface area is 142 Å². The SMILES string of the molecule is Cc1ccc(C)c([C@H](O)COc2ccccc2NC(=O)C2CC2)c1. The van der Waals surface area contributed by atoms with Crippen LogP contribution in [0.4, 0.5) is 5.69 Å². The summed E-state index contributed by atoms with van der Waals surface area (Å²) in [6.07, 6.45) is 1.21. The maximum atomic E-state index is 12.0. The summed E-state index contributed by atoms with van der Waals surface area (Å²) in [5, 5.41) is 13.4. The zero-order valence-corrected chi connectivity index (χ0v) is 14.1. The normalized spacial score (nSPS) is 15.0. The fraction of sp³-hybridized carbons (Fsp3) is 0.350. The van der Waals surface area contributed by atoms with Gasteiger partial charge in [-0.15, -0.1) is 0 Å². The molecule has 2 aromatic carbocycles. The number of carbonyl (C=O) groups is 1. The summed E-state index contributed by atoms with van der Waals surface area (Å²) in [5.41, 5.74) is 3.66. The molecule has 0 aromatic heterocycles. The van der Waals surface area contributed by atoms with Crippen molar-refractivity contribution in [2.24, 2.45) is 5.92 Å². The Morgan fingerprint density at radius 3 is 2.75 bits per heavy atom. The summed E-state index contributed by atoms with van der Waals surface area (Å²) in [6, 6.07) is 13.3. The average molecular weight is 325 g/mol. The van der Waals surface area contributed by atoms with Crippen LogP contribution in [0.5, 0.6) is 5.75 Å². The number of aliphatic hydroxyl groups is 1. The van der Waals surface area contributed by atoms with Gasteiger partial charge in [0, 0.05) is 5.92 Å². The minimum absolute atomic E-state index is 0.0427. The Kier molecular flexibility index (Phi) is 4.86. The highest BCUT2D eigenvalue weighted by Crippen LogP contribution is 2.32. The van der Waals surface area contributed by atoms with E-state index in [0.717, 1.165) is 29.5 Å². The van der Waals surface area contributed by atoms with E-state index < -0.39 is 6.10 Å². The number of hydrogen-bond donors (Lipinski definition) is 2. The molecule has 0 heterocycles. The van der Waals surface area contributed by atoms with Gasteiger partial charge in [-0.3, -0.25) is 4.79 Å². The van der Waals surface area contributed by atoms with E-state index in [4.69, 9.17) is 4.74 Å². The first-order valence-electron chi connectivity index (χ1n) is 8.32. The van der Waals surface area contributed by atoms with Crippen LogP contribution in [-0.2, 0) is 4.79 Å². The van der Waals surface area contributed by atoms with Crippen molar-refractivity contribution in [3.8, 4) is 5.75 Å². The van der Waals surface area contributed by atoms with Crippen molar-refractivity contribution in [3.05, 3.63) is 59.2 Å². The molecule has 2 N–H and O–H groups in total. The first-order chi connectivity index (χ1) is 11.5. The molecule has 0 spiro atoms. The second-order valence-electron chi connectivity index (χ2n) is 6.45. The van der Waals surface area contributed by atoms with Crippen LogP contribution < -0.4 is 10.1 Å². The van der Waals surface area contributed by atoms with Crippen molar-refractivity contribution in [2.45, 2.75) is 32.8 Å². The highest BCUT2D eigenvalue weighted by molar-refractivity contribution is 5.95. The molecular weight excluding hydrogens is 302 g/mol. The lowest BCUT2D eigenvalue weighted by molar-refractivity contribution is -0.117. The fourth-order valence-electron chi connectivity index (χ4n) is 2.65. The maximum absolute atomic E-state index is 12.0. The molecule has 126 valence electrons. The number of aryl methyl sites for hydroxylation is 2. The third-order valence-electron chi connectivity index (χ3n) is 4.28. The molecule has 1 aliphatic rings. The van der Waals surface area contributed by atoms with Gasteiger partial charge in [-0.1, -0.05) is 35.9 Å². The van der Waals surface area contributed by atoms with E-state index >= 15 is 0 Å². The highest BCUT2D eigenvalue weighted by atomic mass is 16.5. The number of amides is 1. The number of nitrogens with one attached hydrogen (secondary N) is 1. The number of aliphatic hydroxyl groups excluding tert-OH is 1. The smallest absolute Gasteiger partial charge is 0.227 e. The van der Waals surface area contributed by atoms with Gasteiger partial charge in [0.25, 0.3) is 0 Å². The van der Waals surface area contributed by atoms with E-state index in [9.17, 15) is 9.90 Å². The topological polar surface area (TPSA) is 58.6 Å². The maximum Gasteiger partial charge on any atom is 0.227 e. The van der Waals surface area contributed by atoms with Gasteiger partial charge in [-0.25, -0.2) is 0 Å². The quantitative estimate of drug-likeness (QED) is 0.850. The molecule has 2 aromatic rings. The predicted molar refractivity (Wildman–Crippen MR) is 94.2 cm³/mol. The van der Waals surface area contributed by atoms with Gasteiger partial charge in [0.2, 0.25) is 5.91 Å². The summed E-state index contributed by atoms with van der Waals surface area (Å²) in [5.74, 6) is 0.760. The lowest BCUT2D eigenvalue weighted by atomic mass is 10.0. The van der Waals surface area contributed by atoms with Crippen molar-refractivity contribution in [1.29, 1.82) is 0 Å². The van der Waals surface area contributed by atoms with E-state index in [2.05, 4.69) is 5.32 Å². The molecule has 0 radical (unpaired) electrons. The second-order valence-corrected chi connectivity index (χ2v) is 6.45. The first kappa shape index (κ1) is 16.5. The molecular formula is C20H23NO3. The summed E-state index contributed by atoms with van der Waals surface area (Å²) in [6.45, 7) is 4.11. The molecule has 1 fully saturated rings. The van der Waals surface area contributed by atoms with Crippen LogP contribution in [0.1, 0.15) is 35.6 Å². The Hall–Kier alpha value is -2.33. The Balaban J connectivity index is 1.67. The van der Waals surface area contributed by atoms with E-state index in [0.29, 0.717) is 11.4 Å². The summed E-state index contributed by atoms with van der Waals surface area (Å²) < 4.78 is 5.78. The van der Waals surface area contributed by atoms with Crippen LogP contribution >= 0.6 is 0 Å². The number of para-hydroxylation sites is 2. The molecule has 1 saturated carbocycles. The van der Waals surface area contributed by atoms with Crippen LogP contribution in [0.25, 0.3) is 0 Å². The molecule has 1 atom stereocenters. The van der Waals surface area contributed by atoms with Crippen LogP contribution in [0.3, 0.4) is 0 Å². The van der Waals surface area contributed by atoms with E-state index in [-0.39, 0.29) is 18.4 Å². The Morgan fingerprint density at radius 1 is 1.25 bits per heavy atom. The molecule has 0 unspecified atom stereocenters. The molecule has 1 aliphatic carbocycles. The summed E-state index contributed by atoms with van der Waals surface area (Å²) >= 11 is 0. The number of benzene rings is 2. The van der Waals surface area contributed by atoms with Crippen molar-refractivity contribution < 1.29 is 14.6 Å². The van der Waals surface area contributed by atoms with Gasteiger partial charge in [-0.05, 0) is 49.9 Å². The minimum atomic E-state index is -0.711. The van der Waals surface area contributed by atoms with Crippen molar-refractivity contribution in [3.63, 3.8) is 0 Å². The zero-order valence-electron chi connectivity index (χ0n) is 14.1. The molecule has 4 nitrogen and oxygen atoms in total. The standard InChI is InChI=1S/C20H23NO3/c1-13-7-8-14(2)16(11-13)18(22)12-24-19-6-4-3-5-17(19)21-20(23)15-9-10-15/h3-8,11,15,18,22H,9-10,12H2,1-2H3,(H,21,23)/t18-/m1/s1. The molecule has 0 bridgehead atoms. The van der Waals surface area contributed by atoms with E-state index in [1.807, 2.05) is 50.2 Å². The third-order valence-corrected chi connectivity index (χ3v) is 4.28. The van der Waals surface area contributed by atoms with Gasteiger partial charge in [0.15, 0.2) is 0 Å². The fourth-order valence-corrected chi connectivity index (χ4v) is 2.65. The van der Waals surface area contributed by atoms with Crippen molar-refractivity contribution in [1.82, 2.24) is 0 Å². The van der Waals surface area contributed by atoms with Crippen LogP contribution in [0, 0.1) is 19.8 Å². The summed E-state index contributed by atoms with van der Waals surface area (Å²) in [4.78, 5) is 12.0. The van der Waals surface area contributed by atoms with E-state index in [1.165, 1.54) is 0 Å². The van der Waals surface area contributed by atoms with Crippen LogP contribution in [0.15, 0.2) is 42.5 Å². The van der Waals surface area contributed by atoms with Gasteiger partial charge in [-0.2, -0.15) is 0 Å². The number of anilines is 1. The van der Waals surface area contributed by atoms with Gasteiger partial charge < -0.3 is 15.2 Å². The number of carbonyl (C=O) groups excluding carboxylic acids is 1. The average Bonchev–Trinajstić information content (AvgIpc) is 3.41. The minimum Gasteiger partial charge on any atom is -0.488 e. The zero-order chi connectivity index (χ0) is 17.1. The van der Waals surface area contributed by atoms with Crippen LogP contribution in [0.2, 0.25) is 0 Å². The monoisotopic (exact) mass is 325 g/mol. The highest BCUT2D eigenvalue weighted by Gasteiger charge is 2.30. The van der Waals surface area contributed by atoms with Gasteiger partial charge in [0.1, 0.15) is 18.5 Å². The van der Waals surface area contributed by atoms with Gasteiger partial charge >= 0.3 is 0 Å². The molecule has 1 amide bonds. The lowest BCUT2D eigenvalue weighted by Gasteiger charge is -2.17. The summed E-state index contributed by atoms with van der Waals surface area (Å²) in [7, 11) is 0. The van der Waals surface area contributed by atoms with Crippen molar-refractivity contribution >= 4 is 11.6 Å². The van der Waals surface area contributed by atoms with Crippen molar-refractivity contribution in [2.75, 3.05) is 11.9 Å². The lowest BCUT2D eigenvalue weighted by Crippen LogP contribution is -2.16. The number of ether oxygens (including phenoxy) is 1.